The largest absolute Gasteiger partial charge is 0.449 e. The summed E-state index contributed by atoms with van der Waals surface area (Å²) in [5.74, 6) is -2.68. The molecule has 136 valence electrons. The van der Waals surface area contributed by atoms with Crippen molar-refractivity contribution in [1.29, 1.82) is 0 Å². The molecule has 0 saturated carbocycles. The first-order valence-corrected chi connectivity index (χ1v) is 7.86. The molecule has 2 aromatic rings. The van der Waals surface area contributed by atoms with Crippen molar-refractivity contribution in [3.05, 3.63) is 67.9 Å². The highest BCUT2D eigenvalue weighted by atomic mass is 35.5. The second kappa shape index (κ2) is 8.11. The molecule has 0 heterocycles. The van der Waals surface area contributed by atoms with Gasteiger partial charge in [0.05, 0.1) is 20.5 Å². The minimum Gasteiger partial charge on any atom is -0.449 e. The summed E-state index contributed by atoms with van der Waals surface area (Å²) in [6, 6.07) is 7.20. The second-order valence-corrected chi connectivity index (χ2v) is 5.85. The maximum absolute atomic E-state index is 13.3. The minimum absolute atomic E-state index is 0.0130. The van der Waals surface area contributed by atoms with E-state index in [9.17, 15) is 24.1 Å². The lowest BCUT2D eigenvalue weighted by Crippen LogP contribution is -2.30. The molecule has 2 rings (SSSR count). The van der Waals surface area contributed by atoms with E-state index >= 15 is 0 Å². The molecule has 0 radical (unpaired) electrons. The highest BCUT2D eigenvalue weighted by Crippen LogP contribution is 2.26. The zero-order chi connectivity index (χ0) is 19.4. The highest BCUT2D eigenvalue weighted by Gasteiger charge is 2.22. The average Bonchev–Trinajstić information content (AvgIpc) is 2.58. The normalized spacial score (nSPS) is 11.5. The summed E-state index contributed by atoms with van der Waals surface area (Å²) >= 11 is 11.7. The van der Waals surface area contributed by atoms with E-state index in [4.69, 9.17) is 27.9 Å². The fourth-order valence-corrected chi connectivity index (χ4v) is 2.29. The van der Waals surface area contributed by atoms with Crippen LogP contribution in [0.3, 0.4) is 0 Å². The summed E-state index contributed by atoms with van der Waals surface area (Å²) < 4.78 is 18.3. The molecule has 2 aromatic carbocycles. The van der Waals surface area contributed by atoms with Crippen molar-refractivity contribution < 1.29 is 23.6 Å². The zero-order valence-electron chi connectivity index (χ0n) is 13.2. The lowest BCUT2D eigenvalue weighted by Gasteiger charge is -2.14. The third-order valence-corrected chi connectivity index (χ3v) is 4.05. The summed E-state index contributed by atoms with van der Waals surface area (Å²) in [4.78, 5) is 34.0. The number of hydrogen-bond donors (Lipinski definition) is 1. The van der Waals surface area contributed by atoms with Gasteiger partial charge < -0.3 is 10.1 Å². The van der Waals surface area contributed by atoms with E-state index in [1.807, 2.05) is 0 Å². The Morgan fingerprint density at radius 3 is 2.62 bits per heavy atom. The molecule has 7 nitrogen and oxygen atoms in total. The van der Waals surface area contributed by atoms with Crippen LogP contribution in [-0.2, 0) is 9.53 Å². The van der Waals surface area contributed by atoms with Crippen LogP contribution in [0.2, 0.25) is 10.0 Å². The summed E-state index contributed by atoms with van der Waals surface area (Å²) in [7, 11) is 0. The van der Waals surface area contributed by atoms with Crippen molar-refractivity contribution in [1.82, 2.24) is 0 Å². The number of rotatable bonds is 5. The second-order valence-electron chi connectivity index (χ2n) is 5.06. The van der Waals surface area contributed by atoms with Crippen LogP contribution in [0, 0.1) is 15.9 Å². The predicted octanol–water partition coefficient (Wildman–Crippen LogP) is 4.22. The predicted molar refractivity (Wildman–Crippen MR) is 93.0 cm³/mol. The SMILES string of the molecule is CC(OC(=O)c1cccc(Cl)c1Cl)C(=O)Nc1ccc(F)c([N+](=O)[O-])c1. The minimum atomic E-state index is -1.25. The zero-order valence-corrected chi connectivity index (χ0v) is 14.7. The molecule has 0 bridgehead atoms. The third kappa shape index (κ3) is 4.47. The number of amides is 1. The smallest absolute Gasteiger partial charge is 0.340 e. The number of nitrogens with one attached hydrogen (secondary N) is 1. The van der Waals surface area contributed by atoms with Crippen LogP contribution in [0.5, 0.6) is 0 Å². The molecule has 1 atom stereocenters. The number of nitro benzene ring substituents is 1. The van der Waals surface area contributed by atoms with Crippen LogP contribution < -0.4 is 5.32 Å². The van der Waals surface area contributed by atoms with Gasteiger partial charge in [0.2, 0.25) is 5.82 Å². The van der Waals surface area contributed by atoms with Crippen molar-refractivity contribution in [3.63, 3.8) is 0 Å². The van der Waals surface area contributed by atoms with E-state index in [-0.39, 0.29) is 21.3 Å². The molecule has 1 N–H and O–H groups in total. The van der Waals surface area contributed by atoms with Gasteiger partial charge in [-0.1, -0.05) is 29.3 Å². The Balaban J connectivity index is 2.08. The molecule has 0 fully saturated rings. The van der Waals surface area contributed by atoms with Gasteiger partial charge in [-0.3, -0.25) is 14.9 Å². The number of nitro groups is 1. The van der Waals surface area contributed by atoms with Gasteiger partial charge in [0.1, 0.15) is 0 Å². The van der Waals surface area contributed by atoms with Gasteiger partial charge in [0.15, 0.2) is 6.10 Å². The lowest BCUT2D eigenvalue weighted by molar-refractivity contribution is -0.387. The maximum Gasteiger partial charge on any atom is 0.340 e. The van der Waals surface area contributed by atoms with Gasteiger partial charge >= 0.3 is 11.7 Å². The highest BCUT2D eigenvalue weighted by molar-refractivity contribution is 6.43. The third-order valence-electron chi connectivity index (χ3n) is 3.23. The number of esters is 1. The molecule has 1 unspecified atom stereocenters. The number of benzene rings is 2. The van der Waals surface area contributed by atoms with Crippen LogP contribution in [0.4, 0.5) is 15.8 Å². The van der Waals surface area contributed by atoms with Crippen LogP contribution in [0.15, 0.2) is 36.4 Å². The number of hydrogen-bond acceptors (Lipinski definition) is 5. The van der Waals surface area contributed by atoms with Gasteiger partial charge in [-0.25, -0.2) is 4.79 Å². The van der Waals surface area contributed by atoms with Crippen LogP contribution in [-0.4, -0.2) is 22.9 Å². The molecule has 0 spiro atoms. The summed E-state index contributed by atoms with van der Waals surface area (Å²) in [6.45, 7) is 1.30. The van der Waals surface area contributed by atoms with E-state index in [1.54, 1.807) is 0 Å². The average molecular weight is 401 g/mol. The number of carbonyl (C=O) groups is 2. The quantitative estimate of drug-likeness (QED) is 0.460. The first-order chi connectivity index (χ1) is 12.2. The maximum atomic E-state index is 13.3. The standard InChI is InChI=1S/C16H11Cl2FN2O5/c1-8(26-16(23)10-3-2-4-11(17)14(10)18)15(22)20-9-5-6-12(19)13(7-9)21(24)25/h2-8H,1H3,(H,20,22). The van der Waals surface area contributed by atoms with Gasteiger partial charge in [-0.05, 0) is 31.2 Å². The number of ether oxygens (including phenoxy) is 1. The molecule has 0 aromatic heterocycles. The summed E-state index contributed by atoms with van der Waals surface area (Å²) in [5.41, 5.74) is -0.832. The van der Waals surface area contributed by atoms with Crippen molar-refractivity contribution in [2.45, 2.75) is 13.0 Å². The van der Waals surface area contributed by atoms with Crippen LogP contribution >= 0.6 is 23.2 Å². The lowest BCUT2D eigenvalue weighted by atomic mass is 10.2. The number of carbonyl (C=O) groups excluding carboxylic acids is 2. The molecular formula is C16H11Cl2FN2O5. The Kier molecular flexibility index (Phi) is 6.12. The van der Waals surface area contributed by atoms with E-state index in [0.717, 1.165) is 18.2 Å². The molecule has 0 aliphatic carbocycles. The van der Waals surface area contributed by atoms with Crippen LogP contribution in [0.25, 0.3) is 0 Å². The molecule has 10 heteroatoms. The number of nitrogens with zero attached hydrogens (tertiary/aromatic N) is 1. The van der Waals surface area contributed by atoms with Gasteiger partial charge in [-0.2, -0.15) is 4.39 Å². The summed E-state index contributed by atoms with van der Waals surface area (Å²) in [5, 5.41) is 13.2. The fourth-order valence-electron chi connectivity index (χ4n) is 1.91. The van der Waals surface area contributed by atoms with Gasteiger partial charge in [0, 0.05) is 11.8 Å². The van der Waals surface area contributed by atoms with Gasteiger partial charge in [-0.15, -0.1) is 0 Å². The molecular weight excluding hydrogens is 390 g/mol. The molecule has 0 aliphatic heterocycles. The Hall–Kier alpha value is -2.71. The topological polar surface area (TPSA) is 98.5 Å². The molecule has 0 aliphatic rings. The fraction of sp³-hybridized carbons (Fsp3) is 0.125. The molecule has 0 saturated heterocycles. The number of anilines is 1. The van der Waals surface area contributed by atoms with E-state index in [0.29, 0.717) is 0 Å². The Morgan fingerprint density at radius 2 is 1.96 bits per heavy atom. The van der Waals surface area contributed by atoms with Crippen molar-refractivity contribution >= 4 is 46.5 Å². The van der Waals surface area contributed by atoms with Gasteiger partial charge in [0.25, 0.3) is 5.91 Å². The van der Waals surface area contributed by atoms with Crippen LogP contribution in [0.1, 0.15) is 17.3 Å². The molecule has 26 heavy (non-hydrogen) atoms. The Bertz CT molecular complexity index is 891. The summed E-state index contributed by atoms with van der Waals surface area (Å²) in [6.07, 6.45) is -1.25. The molecule has 1 amide bonds. The van der Waals surface area contributed by atoms with E-state index < -0.39 is 34.4 Å². The number of halogens is 3. The van der Waals surface area contributed by atoms with E-state index in [2.05, 4.69) is 5.32 Å². The van der Waals surface area contributed by atoms with Crippen molar-refractivity contribution in [2.75, 3.05) is 5.32 Å². The Labute approximate surface area is 156 Å². The van der Waals surface area contributed by atoms with E-state index in [1.165, 1.54) is 25.1 Å². The monoisotopic (exact) mass is 400 g/mol. The first kappa shape index (κ1) is 19.6. The van der Waals surface area contributed by atoms with Crippen molar-refractivity contribution in [3.8, 4) is 0 Å². The Morgan fingerprint density at radius 1 is 1.27 bits per heavy atom. The van der Waals surface area contributed by atoms with Crippen molar-refractivity contribution in [2.24, 2.45) is 0 Å². The first-order valence-electron chi connectivity index (χ1n) is 7.10.